The Labute approximate surface area is 126 Å². The van der Waals surface area contributed by atoms with Crippen molar-refractivity contribution in [3.05, 3.63) is 67.6 Å². The highest BCUT2D eigenvalue weighted by atomic mass is 35.5. The van der Waals surface area contributed by atoms with Gasteiger partial charge in [-0.25, -0.2) is 0 Å². The van der Waals surface area contributed by atoms with Crippen LogP contribution in [0.25, 0.3) is 12.2 Å². The first-order valence-electron chi connectivity index (χ1n) is 5.14. The van der Waals surface area contributed by atoms with E-state index in [1.807, 2.05) is 24.3 Å². The van der Waals surface area contributed by atoms with Gasteiger partial charge in [0.2, 0.25) is 0 Å². The predicted octanol–water partition coefficient (Wildman–Crippen LogP) is 6.47. The van der Waals surface area contributed by atoms with Crippen LogP contribution in [0.2, 0.25) is 20.1 Å². The lowest BCUT2D eigenvalue weighted by atomic mass is 10.1. The quantitative estimate of drug-likeness (QED) is 0.557. The molecule has 0 radical (unpaired) electrons. The van der Waals surface area contributed by atoms with E-state index in [9.17, 15) is 0 Å². The van der Waals surface area contributed by atoms with Gasteiger partial charge < -0.3 is 0 Å². The SMILES string of the molecule is Clc1ccc(/C=C/c2ccc(Cl)c(Cl)c2)c(Cl)c1. The van der Waals surface area contributed by atoms with E-state index in [4.69, 9.17) is 46.4 Å². The van der Waals surface area contributed by atoms with Crippen LogP contribution in [-0.4, -0.2) is 0 Å². The molecule has 0 heterocycles. The Hall–Kier alpha value is -0.660. The third kappa shape index (κ3) is 3.43. The van der Waals surface area contributed by atoms with E-state index in [0.717, 1.165) is 11.1 Å². The maximum Gasteiger partial charge on any atom is 0.0598 e. The van der Waals surface area contributed by atoms with Gasteiger partial charge >= 0.3 is 0 Å². The lowest BCUT2D eigenvalue weighted by Crippen LogP contribution is -1.76. The summed E-state index contributed by atoms with van der Waals surface area (Å²) in [6, 6.07) is 10.8. The lowest BCUT2D eigenvalue weighted by molar-refractivity contribution is 1.64. The van der Waals surface area contributed by atoms with Crippen LogP contribution in [0.1, 0.15) is 11.1 Å². The minimum absolute atomic E-state index is 0.529. The van der Waals surface area contributed by atoms with Crippen LogP contribution in [-0.2, 0) is 0 Å². The number of halogens is 4. The second-order valence-corrected chi connectivity index (χ2v) is 5.33. The van der Waals surface area contributed by atoms with Crippen molar-refractivity contribution in [2.24, 2.45) is 0 Å². The van der Waals surface area contributed by atoms with Crippen molar-refractivity contribution in [3.8, 4) is 0 Å². The Morgan fingerprint density at radius 3 is 2.11 bits per heavy atom. The molecule has 0 amide bonds. The largest absolute Gasteiger partial charge is 0.0843 e. The van der Waals surface area contributed by atoms with Crippen LogP contribution in [0, 0.1) is 0 Å². The normalized spacial score (nSPS) is 11.1. The smallest absolute Gasteiger partial charge is 0.0598 e. The summed E-state index contributed by atoms with van der Waals surface area (Å²) in [5.74, 6) is 0. The highest BCUT2D eigenvalue weighted by Gasteiger charge is 1.99. The number of hydrogen-bond donors (Lipinski definition) is 0. The van der Waals surface area contributed by atoms with Gasteiger partial charge in [-0.05, 0) is 35.4 Å². The van der Waals surface area contributed by atoms with Gasteiger partial charge in [0.15, 0.2) is 0 Å². The van der Waals surface area contributed by atoms with Crippen molar-refractivity contribution in [1.29, 1.82) is 0 Å². The van der Waals surface area contributed by atoms with Gasteiger partial charge in [-0.2, -0.15) is 0 Å². The second-order valence-electron chi connectivity index (χ2n) is 3.67. The average molecular weight is 318 g/mol. The van der Waals surface area contributed by atoms with Crippen molar-refractivity contribution in [3.63, 3.8) is 0 Å². The van der Waals surface area contributed by atoms with E-state index < -0.39 is 0 Å². The number of hydrogen-bond acceptors (Lipinski definition) is 0. The Morgan fingerprint density at radius 2 is 1.44 bits per heavy atom. The molecule has 0 saturated heterocycles. The van der Waals surface area contributed by atoms with Crippen LogP contribution in [0.4, 0.5) is 0 Å². The van der Waals surface area contributed by atoms with Gasteiger partial charge in [0.1, 0.15) is 0 Å². The molecule has 0 aromatic heterocycles. The minimum atomic E-state index is 0.529. The summed E-state index contributed by atoms with van der Waals surface area (Å²) in [6.07, 6.45) is 3.82. The molecule has 92 valence electrons. The summed E-state index contributed by atoms with van der Waals surface area (Å²) in [6.45, 7) is 0. The van der Waals surface area contributed by atoms with Gasteiger partial charge in [-0.1, -0.05) is 70.7 Å². The molecule has 0 unspecified atom stereocenters. The van der Waals surface area contributed by atoms with E-state index in [1.165, 1.54) is 0 Å². The maximum absolute atomic E-state index is 6.07. The second kappa shape index (κ2) is 5.99. The van der Waals surface area contributed by atoms with E-state index in [0.29, 0.717) is 20.1 Å². The predicted molar refractivity (Wildman–Crippen MR) is 81.9 cm³/mol. The van der Waals surface area contributed by atoms with Gasteiger partial charge in [-0.15, -0.1) is 0 Å². The fraction of sp³-hybridized carbons (Fsp3) is 0. The van der Waals surface area contributed by atoms with Gasteiger partial charge in [0, 0.05) is 10.0 Å². The molecule has 2 aromatic rings. The Bertz CT molecular complexity index is 603. The molecule has 0 nitrogen and oxygen atoms in total. The molecule has 0 aliphatic carbocycles. The van der Waals surface area contributed by atoms with E-state index in [-0.39, 0.29) is 0 Å². The summed E-state index contributed by atoms with van der Waals surface area (Å²) >= 11 is 23.7. The average Bonchev–Trinajstić information content (AvgIpc) is 2.32. The van der Waals surface area contributed by atoms with Crippen molar-refractivity contribution >= 4 is 58.6 Å². The van der Waals surface area contributed by atoms with Crippen LogP contribution in [0.3, 0.4) is 0 Å². The zero-order valence-corrected chi connectivity index (χ0v) is 12.2. The van der Waals surface area contributed by atoms with Crippen LogP contribution in [0.5, 0.6) is 0 Å². The summed E-state index contributed by atoms with van der Waals surface area (Å²) in [5, 5.41) is 2.30. The summed E-state index contributed by atoms with van der Waals surface area (Å²) in [5.41, 5.74) is 1.85. The van der Waals surface area contributed by atoms with Crippen molar-refractivity contribution in [2.45, 2.75) is 0 Å². The third-order valence-corrected chi connectivity index (χ3v) is 3.66. The van der Waals surface area contributed by atoms with Crippen molar-refractivity contribution < 1.29 is 0 Å². The van der Waals surface area contributed by atoms with E-state index in [1.54, 1.807) is 24.3 Å². The molecule has 2 aromatic carbocycles. The molecule has 0 atom stereocenters. The molecule has 0 N–H and O–H groups in total. The van der Waals surface area contributed by atoms with Crippen LogP contribution < -0.4 is 0 Å². The number of benzene rings is 2. The minimum Gasteiger partial charge on any atom is -0.0843 e. The first-order chi connectivity index (χ1) is 8.56. The molecular formula is C14H8Cl4. The molecule has 0 aliphatic heterocycles. The molecule has 0 aliphatic rings. The third-order valence-electron chi connectivity index (χ3n) is 2.36. The molecule has 0 bridgehead atoms. The van der Waals surface area contributed by atoms with Gasteiger partial charge in [0.25, 0.3) is 0 Å². The topological polar surface area (TPSA) is 0 Å². The number of rotatable bonds is 2. The standard InChI is InChI=1S/C14H8Cl4/c15-11-5-4-10(13(17)8-11)3-1-9-2-6-12(16)14(18)7-9/h1-8H/b3-1+. The summed E-state index contributed by atoms with van der Waals surface area (Å²) < 4.78 is 0. The monoisotopic (exact) mass is 316 g/mol. The first-order valence-corrected chi connectivity index (χ1v) is 6.65. The Morgan fingerprint density at radius 1 is 0.667 bits per heavy atom. The Kier molecular flexibility index (Phi) is 4.58. The maximum atomic E-state index is 6.07. The zero-order valence-electron chi connectivity index (χ0n) is 9.13. The van der Waals surface area contributed by atoms with Gasteiger partial charge in [-0.3, -0.25) is 0 Å². The fourth-order valence-electron chi connectivity index (χ4n) is 1.44. The van der Waals surface area contributed by atoms with Gasteiger partial charge in [0.05, 0.1) is 10.0 Å². The van der Waals surface area contributed by atoms with Crippen molar-refractivity contribution in [2.75, 3.05) is 0 Å². The van der Waals surface area contributed by atoms with E-state index >= 15 is 0 Å². The zero-order chi connectivity index (χ0) is 13.1. The molecular weight excluding hydrogens is 310 g/mol. The summed E-state index contributed by atoms with van der Waals surface area (Å²) in [7, 11) is 0. The first kappa shape index (κ1) is 13.8. The fourth-order valence-corrected chi connectivity index (χ4v) is 2.22. The Balaban J connectivity index is 2.27. The molecule has 0 spiro atoms. The molecule has 4 heteroatoms. The highest BCUT2D eigenvalue weighted by molar-refractivity contribution is 6.42. The summed E-state index contributed by atoms with van der Waals surface area (Å²) in [4.78, 5) is 0. The van der Waals surface area contributed by atoms with Crippen LogP contribution in [0.15, 0.2) is 36.4 Å². The van der Waals surface area contributed by atoms with Crippen LogP contribution >= 0.6 is 46.4 Å². The molecule has 18 heavy (non-hydrogen) atoms. The lowest BCUT2D eigenvalue weighted by Gasteiger charge is -2.00. The molecule has 0 fully saturated rings. The van der Waals surface area contributed by atoms with E-state index in [2.05, 4.69) is 0 Å². The molecule has 2 rings (SSSR count). The van der Waals surface area contributed by atoms with Crippen molar-refractivity contribution in [1.82, 2.24) is 0 Å². The highest BCUT2D eigenvalue weighted by Crippen LogP contribution is 2.25. The molecule has 0 saturated carbocycles.